The van der Waals surface area contributed by atoms with Gasteiger partial charge in [-0.3, -0.25) is 4.68 Å². The standard InChI is InChI=1S/C17H11ClF4N4O/c1-27-12-3-2-9(4-10(6-23)7-24)5-11(12)8-26-15(17(21)22)13(18)14(25-26)16(19)20/h2-5,16-17H,8H2,1H3. The summed E-state index contributed by atoms with van der Waals surface area (Å²) in [6.07, 6.45) is -4.94. The maximum atomic E-state index is 13.3. The SMILES string of the molecule is COc1ccc(C=C(C#N)C#N)cc1Cn1nc(C(F)F)c(Cl)c1C(F)F. The predicted molar refractivity (Wildman–Crippen MR) is 88.5 cm³/mol. The maximum Gasteiger partial charge on any atom is 0.283 e. The van der Waals surface area contributed by atoms with Crippen LogP contribution in [0.2, 0.25) is 5.02 Å². The van der Waals surface area contributed by atoms with E-state index in [9.17, 15) is 17.6 Å². The molecule has 0 aliphatic rings. The maximum absolute atomic E-state index is 13.3. The number of rotatable bonds is 6. The second-order valence-electron chi connectivity index (χ2n) is 5.20. The minimum Gasteiger partial charge on any atom is -0.496 e. The Kier molecular flexibility index (Phi) is 6.43. The van der Waals surface area contributed by atoms with E-state index in [0.717, 1.165) is 0 Å². The van der Waals surface area contributed by atoms with Crippen LogP contribution in [0, 0.1) is 22.7 Å². The van der Waals surface area contributed by atoms with E-state index in [2.05, 4.69) is 5.10 Å². The fraction of sp³-hybridized carbons (Fsp3) is 0.235. The van der Waals surface area contributed by atoms with Crippen molar-refractivity contribution in [3.63, 3.8) is 0 Å². The van der Waals surface area contributed by atoms with Crippen molar-refractivity contribution in [3.8, 4) is 17.9 Å². The van der Waals surface area contributed by atoms with Gasteiger partial charge in [-0.25, -0.2) is 17.6 Å². The van der Waals surface area contributed by atoms with Crippen LogP contribution in [0.1, 0.15) is 35.4 Å². The highest BCUT2D eigenvalue weighted by Crippen LogP contribution is 2.35. The van der Waals surface area contributed by atoms with Gasteiger partial charge in [0, 0.05) is 5.56 Å². The first-order valence-electron chi connectivity index (χ1n) is 7.33. The monoisotopic (exact) mass is 398 g/mol. The molecule has 1 aromatic heterocycles. The lowest BCUT2D eigenvalue weighted by Crippen LogP contribution is -2.08. The van der Waals surface area contributed by atoms with E-state index in [1.54, 1.807) is 18.2 Å². The lowest BCUT2D eigenvalue weighted by atomic mass is 10.1. The third kappa shape index (κ3) is 4.39. The van der Waals surface area contributed by atoms with Gasteiger partial charge in [0.05, 0.1) is 18.7 Å². The largest absolute Gasteiger partial charge is 0.496 e. The number of alkyl halides is 4. The Labute approximate surface area is 156 Å². The molecule has 0 aliphatic heterocycles. The van der Waals surface area contributed by atoms with Crippen molar-refractivity contribution in [1.29, 1.82) is 10.5 Å². The van der Waals surface area contributed by atoms with Crippen LogP contribution in [-0.2, 0) is 6.54 Å². The number of aromatic nitrogens is 2. The Morgan fingerprint density at radius 1 is 1.26 bits per heavy atom. The Bertz CT molecular complexity index is 941. The summed E-state index contributed by atoms with van der Waals surface area (Å²) in [6, 6.07) is 7.91. The van der Waals surface area contributed by atoms with Gasteiger partial charge in [0.2, 0.25) is 0 Å². The molecular weight excluding hydrogens is 388 g/mol. The molecule has 0 bridgehead atoms. The molecule has 0 atom stereocenters. The fourth-order valence-electron chi connectivity index (χ4n) is 2.37. The smallest absolute Gasteiger partial charge is 0.283 e. The van der Waals surface area contributed by atoms with Gasteiger partial charge < -0.3 is 4.74 Å². The first kappa shape index (κ1) is 20.3. The van der Waals surface area contributed by atoms with Gasteiger partial charge in [0.15, 0.2) is 0 Å². The molecule has 10 heteroatoms. The molecule has 0 radical (unpaired) electrons. The Hall–Kier alpha value is -3.04. The summed E-state index contributed by atoms with van der Waals surface area (Å²) in [5.41, 5.74) is -1.18. The minimum absolute atomic E-state index is 0.165. The lowest BCUT2D eigenvalue weighted by Gasteiger charge is -2.12. The van der Waals surface area contributed by atoms with E-state index in [0.29, 0.717) is 15.8 Å². The summed E-state index contributed by atoms with van der Waals surface area (Å²) in [5.74, 6) is 0.285. The molecule has 140 valence electrons. The van der Waals surface area contributed by atoms with Gasteiger partial charge in [-0.2, -0.15) is 15.6 Å². The molecule has 0 N–H and O–H groups in total. The summed E-state index contributed by atoms with van der Waals surface area (Å²) in [4.78, 5) is 0. The van der Waals surface area contributed by atoms with Crippen LogP contribution in [0.3, 0.4) is 0 Å². The van der Waals surface area contributed by atoms with Crippen LogP contribution in [0.15, 0.2) is 23.8 Å². The first-order valence-corrected chi connectivity index (χ1v) is 7.71. The summed E-state index contributed by atoms with van der Waals surface area (Å²) in [7, 11) is 1.35. The summed E-state index contributed by atoms with van der Waals surface area (Å²) in [6.45, 7) is -0.328. The zero-order valence-corrected chi connectivity index (χ0v) is 14.5. The number of hydrogen-bond donors (Lipinski definition) is 0. The van der Waals surface area contributed by atoms with Crippen molar-refractivity contribution in [2.75, 3.05) is 7.11 Å². The van der Waals surface area contributed by atoms with Crippen molar-refractivity contribution >= 4 is 17.7 Å². The van der Waals surface area contributed by atoms with Gasteiger partial charge in [0.25, 0.3) is 12.9 Å². The number of ether oxygens (including phenoxy) is 1. The molecule has 0 saturated heterocycles. The third-order valence-electron chi connectivity index (χ3n) is 3.55. The highest BCUT2D eigenvalue weighted by Gasteiger charge is 2.28. The molecule has 0 amide bonds. The molecule has 0 spiro atoms. The Balaban J connectivity index is 2.54. The van der Waals surface area contributed by atoms with Crippen molar-refractivity contribution in [1.82, 2.24) is 9.78 Å². The zero-order chi connectivity index (χ0) is 20.1. The second kappa shape index (κ2) is 8.56. The van der Waals surface area contributed by atoms with Crippen LogP contribution in [0.5, 0.6) is 5.75 Å². The van der Waals surface area contributed by atoms with Gasteiger partial charge in [-0.15, -0.1) is 0 Å². The summed E-state index contributed by atoms with van der Waals surface area (Å²) < 4.78 is 58.3. The molecule has 27 heavy (non-hydrogen) atoms. The third-order valence-corrected chi connectivity index (χ3v) is 3.93. The lowest BCUT2D eigenvalue weighted by molar-refractivity contribution is 0.139. The number of methoxy groups -OCH3 is 1. The first-order chi connectivity index (χ1) is 12.8. The van der Waals surface area contributed by atoms with Gasteiger partial charge in [-0.1, -0.05) is 17.7 Å². The van der Waals surface area contributed by atoms with E-state index < -0.39 is 29.3 Å². The topological polar surface area (TPSA) is 74.6 Å². The normalized spacial score (nSPS) is 10.6. The fourth-order valence-corrected chi connectivity index (χ4v) is 2.67. The number of halogens is 5. The highest BCUT2D eigenvalue weighted by molar-refractivity contribution is 6.32. The van der Waals surface area contributed by atoms with Crippen molar-refractivity contribution in [2.45, 2.75) is 19.4 Å². The van der Waals surface area contributed by atoms with E-state index in [1.165, 1.54) is 25.3 Å². The van der Waals surface area contributed by atoms with Crippen LogP contribution in [0.25, 0.3) is 6.08 Å². The molecular formula is C17H11ClF4N4O. The highest BCUT2D eigenvalue weighted by atomic mass is 35.5. The molecule has 0 unspecified atom stereocenters. The van der Waals surface area contributed by atoms with Gasteiger partial charge in [-0.05, 0) is 23.8 Å². The number of allylic oxidation sites excluding steroid dienone is 1. The van der Waals surface area contributed by atoms with Crippen LogP contribution >= 0.6 is 11.6 Å². The zero-order valence-electron chi connectivity index (χ0n) is 13.8. The van der Waals surface area contributed by atoms with Crippen LogP contribution in [0.4, 0.5) is 17.6 Å². The molecule has 0 aliphatic carbocycles. The van der Waals surface area contributed by atoms with Crippen LogP contribution < -0.4 is 4.74 Å². The summed E-state index contributed by atoms with van der Waals surface area (Å²) >= 11 is 5.64. The molecule has 0 fully saturated rings. The molecule has 0 saturated carbocycles. The summed E-state index contributed by atoms with van der Waals surface area (Å²) in [5, 5.41) is 20.4. The number of benzene rings is 1. The Morgan fingerprint density at radius 3 is 2.44 bits per heavy atom. The van der Waals surface area contributed by atoms with Crippen molar-refractivity contribution < 1.29 is 22.3 Å². The Morgan fingerprint density at radius 2 is 1.93 bits per heavy atom. The molecule has 2 aromatic rings. The van der Waals surface area contributed by atoms with E-state index >= 15 is 0 Å². The second-order valence-corrected chi connectivity index (χ2v) is 5.57. The van der Waals surface area contributed by atoms with Gasteiger partial charge >= 0.3 is 0 Å². The van der Waals surface area contributed by atoms with E-state index in [-0.39, 0.29) is 17.9 Å². The average Bonchev–Trinajstić information content (AvgIpc) is 2.96. The number of nitriles is 2. The number of hydrogen-bond acceptors (Lipinski definition) is 4. The predicted octanol–water partition coefficient (Wildman–Crippen LogP) is 4.90. The molecule has 2 rings (SSSR count). The van der Waals surface area contributed by atoms with E-state index in [4.69, 9.17) is 26.9 Å². The molecule has 5 nitrogen and oxygen atoms in total. The van der Waals surface area contributed by atoms with E-state index in [1.807, 2.05) is 0 Å². The average molecular weight is 399 g/mol. The quantitative estimate of drug-likeness (QED) is 0.512. The van der Waals surface area contributed by atoms with Crippen LogP contribution in [-0.4, -0.2) is 16.9 Å². The van der Waals surface area contributed by atoms with Crippen molar-refractivity contribution in [3.05, 3.63) is 51.3 Å². The minimum atomic E-state index is -3.12. The molecule has 1 heterocycles. The number of nitrogens with zero attached hydrogens (tertiary/aromatic N) is 4. The van der Waals surface area contributed by atoms with Crippen molar-refractivity contribution in [2.24, 2.45) is 0 Å². The molecule has 1 aromatic carbocycles. The van der Waals surface area contributed by atoms with Gasteiger partial charge in [0.1, 0.15) is 34.8 Å².